The Morgan fingerprint density at radius 1 is 1.02 bits per heavy atom. The Hall–Kier alpha value is -4.10. The molecule has 0 aliphatic carbocycles. The van der Waals surface area contributed by atoms with Crippen LogP contribution >= 0.6 is 27.3 Å². The molecule has 4 rings (SSSR count). The molecule has 13 heteroatoms. The number of hydrogen-bond donors (Lipinski definition) is 0. The largest absolute Gasteiger partial charge is 0.493 e. The molecular formula is C30H31BrN2O9S. The zero-order valence-electron chi connectivity index (χ0n) is 24.5. The maximum absolute atomic E-state index is 14.0. The van der Waals surface area contributed by atoms with Gasteiger partial charge in [-0.05, 0) is 78.2 Å². The first-order valence-electron chi connectivity index (χ1n) is 13.2. The van der Waals surface area contributed by atoms with E-state index in [-0.39, 0.29) is 24.3 Å². The summed E-state index contributed by atoms with van der Waals surface area (Å²) in [6.07, 6.45) is 1.73. The summed E-state index contributed by atoms with van der Waals surface area (Å²) >= 11 is 4.69. The van der Waals surface area contributed by atoms with Crippen molar-refractivity contribution < 1.29 is 38.0 Å². The fourth-order valence-electron chi connectivity index (χ4n) is 4.56. The molecule has 0 spiro atoms. The van der Waals surface area contributed by atoms with Crippen molar-refractivity contribution in [2.45, 2.75) is 26.8 Å². The molecule has 0 saturated carbocycles. The Labute approximate surface area is 260 Å². The van der Waals surface area contributed by atoms with Crippen LogP contribution in [0.5, 0.6) is 23.0 Å². The van der Waals surface area contributed by atoms with Crippen LogP contribution in [0.4, 0.5) is 0 Å². The van der Waals surface area contributed by atoms with Gasteiger partial charge in [-0.15, -0.1) is 0 Å². The van der Waals surface area contributed by atoms with E-state index in [1.54, 1.807) is 58.2 Å². The molecule has 3 aromatic rings. The van der Waals surface area contributed by atoms with Crippen LogP contribution in [0.2, 0.25) is 0 Å². The molecule has 1 aliphatic rings. The highest BCUT2D eigenvalue weighted by molar-refractivity contribution is 9.10. The van der Waals surface area contributed by atoms with E-state index in [2.05, 4.69) is 25.7 Å². The average molecular weight is 676 g/mol. The van der Waals surface area contributed by atoms with Crippen LogP contribution in [-0.4, -0.2) is 57.7 Å². The number of rotatable bonds is 11. The molecule has 43 heavy (non-hydrogen) atoms. The molecule has 0 radical (unpaired) electrons. The van der Waals surface area contributed by atoms with Crippen LogP contribution < -0.4 is 33.8 Å². The minimum absolute atomic E-state index is 0.144. The van der Waals surface area contributed by atoms with E-state index < -0.39 is 18.0 Å². The smallest absolute Gasteiger partial charge is 0.343 e. The fraction of sp³-hybridized carbons (Fsp3) is 0.333. The van der Waals surface area contributed by atoms with Crippen LogP contribution in [0.15, 0.2) is 55.9 Å². The Morgan fingerprint density at radius 3 is 2.44 bits per heavy atom. The lowest BCUT2D eigenvalue weighted by molar-refractivity contribution is -0.143. The maximum Gasteiger partial charge on any atom is 0.343 e. The molecule has 0 unspecified atom stereocenters. The zero-order valence-corrected chi connectivity index (χ0v) is 26.9. The summed E-state index contributed by atoms with van der Waals surface area (Å²) in [4.78, 5) is 44.0. The predicted octanol–water partition coefficient (Wildman–Crippen LogP) is 3.53. The summed E-state index contributed by atoms with van der Waals surface area (Å²) in [6.45, 7) is 5.36. The predicted molar refractivity (Wildman–Crippen MR) is 163 cm³/mol. The Bertz CT molecular complexity index is 1760. The van der Waals surface area contributed by atoms with Crippen molar-refractivity contribution in [2.24, 2.45) is 4.99 Å². The van der Waals surface area contributed by atoms with Crippen molar-refractivity contribution in [3.63, 3.8) is 0 Å². The SMILES string of the molecule is CCOC(=O)C1=C(C)N=c2s/c(=C/c3cc(Br)c(OC)c(OC)c3)c(=O)n2[C@H]1c1ccc(OCC(=O)OC)c(OCC)c1. The standard InChI is InChI=1S/C30H31BrN2O9S/c1-7-40-21-14-18(9-10-20(21)42-15-24(34)38-5)26-25(29(36)41-8-2)16(3)32-30-33(26)28(35)23(43-30)13-17-11-19(31)27(39-6)22(12-17)37-4/h9-14,26H,7-8,15H2,1-6H3/b23-13+/t26-/m0/s1. The van der Waals surface area contributed by atoms with Gasteiger partial charge in [0.1, 0.15) is 0 Å². The molecule has 11 nitrogen and oxygen atoms in total. The lowest BCUT2D eigenvalue weighted by atomic mass is 9.95. The van der Waals surface area contributed by atoms with Gasteiger partial charge in [-0.3, -0.25) is 9.36 Å². The van der Waals surface area contributed by atoms with E-state index in [1.807, 2.05) is 6.07 Å². The van der Waals surface area contributed by atoms with Crippen LogP contribution in [0.1, 0.15) is 37.9 Å². The molecule has 1 aromatic heterocycles. The van der Waals surface area contributed by atoms with Crippen molar-refractivity contribution in [1.29, 1.82) is 0 Å². The number of methoxy groups -OCH3 is 3. The van der Waals surface area contributed by atoms with Crippen LogP contribution in [0, 0.1) is 0 Å². The van der Waals surface area contributed by atoms with Gasteiger partial charge in [0, 0.05) is 0 Å². The molecule has 0 bridgehead atoms. The number of thiazole rings is 1. The first-order chi connectivity index (χ1) is 20.7. The van der Waals surface area contributed by atoms with Gasteiger partial charge < -0.3 is 28.4 Å². The van der Waals surface area contributed by atoms with Gasteiger partial charge in [0.05, 0.1) is 60.9 Å². The molecule has 2 heterocycles. The summed E-state index contributed by atoms with van der Waals surface area (Å²) < 4.78 is 34.9. The highest BCUT2D eigenvalue weighted by atomic mass is 79.9. The molecule has 0 saturated heterocycles. The summed E-state index contributed by atoms with van der Waals surface area (Å²) in [5.41, 5.74) is 1.55. The van der Waals surface area contributed by atoms with E-state index in [1.165, 1.54) is 30.1 Å². The Balaban J connectivity index is 1.91. The summed E-state index contributed by atoms with van der Waals surface area (Å²) in [6, 6.07) is 7.72. The summed E-state index contributed by atoms with van der Waals surface area (Å²) in [5, 5.41) is 0. The minimum Gasteiger partial charge on any atom is -0.493 e. The second-order valence-corrected chi connectivity index (χ2v) is 10.9. The highest BCUT2D eigenvalue weighted by Gasteiger charge is 2.34. The molecule has 1 atom stereocenters. The van der Waals surface area contributed by atoms with E-state index >= 15 is 0 Å². The van der Waals surface area contributed by atoms with E-state index in [4.69, 9.17) is 23.7 Å². The number of aromatic nitrogens is 1. The minimum atomic E-state index is -0.872. The van der Waals surface area contributed by atoms with Crippen molar-refractivity contribution in [2.75, 3.05) is 41.2 Å². The van der Waals surface area contributed by atoms with Crippen molar-refractivity contribution in [1.82, 2.24) is 4.57 Å². The second-order valence-electron chi connectivity index (χ2n) is 9.04. The molecule has 1 aliphatic heterocycles. The first kappa shape index (κ1) is 31.8. The third kappa shape index (κ3) is 6.62. The van der Waals surface area contributed by atoms with Crippen molar-refractivity contribution in [3.8, 4) is 23.0 Å². The molecule has 228 valence electrons. The number of carbonyl (C=O) groups excluding carboxylic acids is 2. The van der Waals surface area contributed by atoms with Crippen molar-refractivity contribution >= 4 is 45.3 Å². The number of allylic oxidation sites excluding steroid dienone is 1. The molecule has 2 aromatic carbocycles. The van der Waals surface area contributed by atoms with Gasteiger partial charge in [0.2, 0.25) is 0 Å². The van der Waals surface area contributed by atoms with Gasteiger partial charge in [0.25, 0.3) is 5.56 Å². The monoisotopic (exact) mass is 674 g/mol. The highest BCUT2D eigenvalue weighted by Crippen LogP contribution is 2.38. The molecular weight excluding hydrogens is 644 g/mol. The molecule has 0 fully saturated rings. The lowest BCUT2D eigenvalue weighted by Gasteiger charge is -2.25. The number of hydrogen-bond acceptors (Lipinski definition) is 11. The zero-order chi connectivity index (χ0) is 31.3. The third-order valence-electron chi connectivity index (χ3n) is 6.43. The van der Waals surface area contributed by atoms with Crippen LogP contribution in [-0.2, 0) is 19.1 Å². The topological polar surface area (TPSA) is 124 Å². The maximum atomic E-state index is 14.0. The van der Waals surface area contributed by atoms with E-state index in [9.17, 15) is 14.4 Å². The van der Waals surface area contributed by atoms with E-state index in [0.29, 0.717) is 60.2 Å². The number of ether oxygens (including phenoxy) is 6. The molecule has 0 N–H and O–H groups in total. The van der Waals surface area contributed by atoms with Gasteiger partial charge in [-0.25, -0.2) is 14.6 Å². The summed E-state index contributed by atoms with van der Waals surface area (Å²) in [5.74, 6) is 0.520. The Morgan fingerprint density at radius 2 is 1.79 bits per heavy atom. The van der Waals surface area contributed by atoms with Gasteiger partial charge in [-0.1, -0.05) is 17.4 Å². The van der Waals surface area contributed by atoms with Crippen molar-refractivity contribution in [3.05, 3.63) is 76.9 Å². The second kappa shape index (κ2) is 13.9. The number of esters is 2. The average Bonchev–Trinajstić information content (AvgIpc) is 3.29. The van der Waals surface area contributed by atoms with Crippen LogP contribution in [0.3, 0.4) is 0 Å². The quantitative estimate of drug-likeness (QED) is 0.281. The normalized spacial score (nSPS) is 14.5. The first-order valence-corrected chi connectivity index (χ1v) is 14.9. The number of nitrogens with zero attached hydrogens (tertiary/aromatic N) is 2. The number of carbonyl (C=O) groups is 2. The third-order valence-corrected chi connectivity index (χ3v) is 8.00. The van der Waals surface area contributed by atoms with Gasteiger partial charge in [-0.2, -0.15) is 0 Å². The van der Waals surface area contributed by atoms with Gasteiger partial charge >= 0.3 is 11.9 Å². The number of fused-ring (bicyclic) bond motifs is 1. The fourth-order valence-corrected chi connectivity index (χ4v) is 6.23. The van der Waals surface area contributed by atoms with Crippen LogP contribution in [0.25, 0.3) is 6.08 Å². The number of halogens is 1. The number of benzene rings is 2. The summed E-state index contributed by atoms with van der Waals surface area (Å²) in [7, 11) is 4.34. The lowest BCUT2D eigenvalue weighted by Crippen LogP contribution is -2.40. The van der Waals surface area contributed by atoms with Gasteiger partial charge in [0.15, 0.2) is 34.4 Å². The molecule has 0 amide bonds. The van der Waals surface area contributed by atoms with E-state index in [0.717, 1.165) is 0 Å². The Kier molecular flexibility index (Phi) is 10.3.